The Bertz CT molecular complexity index is 260. The first-order valence-corrected chi connectivity index (χ1v) is 7.18. The van der Waals surface area contributed by atoms with E-state index in [4.69, 9.17) is 5.14 Å². The number of hydrogen-bond acceptors (Lipinski definition) is 4. The number of nitrogens with two attached hydrogens (primary N) is 1. The van der Waals surface area contributed by atoms with E-state index in [2.05, 4.69) is 11.6 Å². The Kier molecular flexibility index (Phi) is 3.62. The molecule has 0 aromatic carbocycles. The van der Waals surface area contributed by atoms with Crippen molar-refractivity contribution in [3.05, 3.63) is 0 Å². The van der Waals surface area contributed by atoms with Crippen molar-refractivity contribution in [2.24, 2.45) is 5.14 Å². The summed E-state index contributed by atoms with van der Waals surface area (Å²) in [5, 5.41) is 7.98. The van der Waals surface area contributed by atoms with Gasteiger partial charge in [0.2, 0.25) is 10.0 Å². The minimum absolute atomic E-state index is 0.0253. The van der Waals surface area contributed by atoms with Crippen molar-refractivity contribution in [1.29, 1.82) is 0 Å². The summed E-state index contributed by atoms with van der Waals surface area (Å²) in [5.74, 6) is 0.0253. The van der Waals surface area contributed by atoms with Crippen LogP contribution in [0.1, 0.15) is 12.8 Å². The van der Waals surface area contributed by atoms with Gasteiger partial charge in [0.1, 0.15) is 0 Å². The van der Waals surface area contributed by atoms with Gasteiger partial charge in [-0.3, -0.25) is 0 Å². The highest BCUT2D eigenvalue weighted by Gasteiger charge is 2.41. The summed E-state index contributed by atoms with van der Waals surface area (Å²) in [7, 11) is -3.30. The maximum absolute atomic E-state index is 10.6. The molecular weight excluding hydrogens is 208 g/mol. The van der Waals surface area contributed by atoms with Gasteiger partial charge in [0, 0.05) is 17.8 Å². The molecule has 0 amide bonds. The first kappa shape index (κ1) is 11.3. The number of sulfonamides is 1. The van der Waals surface area contributed by atoms with Crippen LogP contribution in [-0.4, -0.2) is 38.3 Å². The SMILES string of the molecule is CSC1(CNCCS(N)(=O)=O)CC1. The van der Waals surface area contributed by atoms with Crippen molar-refractivity contribution in [2.45, 2.75) is 17.6 Å². The molecule has 0 unspecified atom stereocenters. The molecule has 1 saturated carbocycles. The van der Waals surface area contributed by atoms with E-state index in [1.165, 1.54) is 12.8 Å². The second kappa shape index (κ2) is 4.16. The average Bonchev–Trinajstić information content (AvgIpc) is 2.78. The van der Waals surface area contributed by atoms with Gasteiger partial charge in [0.05, 0.1) is 5.75 Å². The van der Waals surface area contributed by atoms with Crippen LogP contribution >= 0.6 is 11.8 Å². The van der Waals surface area contributed by atoms with Crippen LogP contribution in [0.4, 0.5) is 0 Å². The normalized spacial score (nSPS) is 20.2. The summed E-state index contributed by atoms with van der Waals surface area (Å²) in [6.07, 6.45) is 4.56. The molecule has 6 heteroatoms. The Morgan fingerprint density at radius 2 is 2.15 bits per heavy atom. The quantitative estimate of drug-likeness (QED) is 0.611. The first-order valence-electron chi connectivity index (χ1n) is 4.24. The average molecular weight is 224 g/mol. The lowest BCUT2D eigenvalue weighted by molar-refractivity contribution is 0.591. The van der Waals surface area contributed by atoms with E-state index in [9.17, 15) is 8.42 Å². The van der Waals surface area contributed by atoms with Gasteiger partial charge in [0.25, 0.3) is 0 Å². The zero-order valence-corrected chi connectivity index (χ0v) is 9.38. The number of thioether (sulfide) groups is 1. The maximum Gasteiger partial charge on any atom is 0.210 e. The fraction of sp³-hybridized carbons (Fsp3) is 1.00. The predicted molar refractivity (Wildman–Crippen MR) is 56.3 cm³/mol. The Morgan fingerprint density at radius 1 is 1.54 bits per heavy atom. The van der Waals surface area contributed by atoms with E-state index in [1.54, 1.807) is 0 Å². The Hall–Kier alpha value is 0.220. The number of primary sulfonamides is 1. The zero-order valence-electron chi connectivity index (χ0n) is 7.75. The number of hydrogen-bond donors (Lipinski definition) is 2. The molecule has 0 bridgehead atoms. The molecular formula is C7H16N2O2S2. The third kappa shape index (κ3) is 4.30. The molecule has 1 rings (SSSR count). The molecule has 4 nitrogen and oxygen atoms in total. The van der Waals surface area contributed by atoms with E-state index in [0.717, 1.165) is 6.54 Å². The standard InChI is InChI=1S/C7H16N2O2S2/c1-12-7(2-3-7)6-9-4-5-13(8,10)11/h9H,2-6H2,1H3,(H2,8,10,11). The van der Waals surface area contributed by atoms with Crippen molar-refractivity contribution in [3.8, 4) is 0 Å². The largest absolute Gasteiger partial charge is 0.314 e. The van der Waals surface area contributed by atoms with Crippen LogP contribution in [0.2, 0.25) is 0 Å². The second-order valence-electron chi connectivity index (χ2n) is 3.43. The molecule has 0 aromatic heterocycles. The fourth-order valence-electron chi connectivity index (χ4n) is 1.12. The van der Waals surface area contributed by atoms with Crippen molar-refractivity contribution in [1.82, 2.24) is 5.32 Å². The predicted octanol–water partition coefficient (Wildman–Crippen LogP) is -0.240. The lowest BCUT2D eigenvalue weighted by Crippen LogP contribution is -2.32. The zero-order chi connectivity index (χ0) is 9.95. The molecule has 0 aliphatic heterocycles. The van der Waals surface area contributed by atoms with Crippen molar-refractivity contribution in [3.63, 3.8) is 0 Å². The van der Waals surface area contributed by atoms with Gasteiger partial charge < -0.3 is 5.32 Å². The van der Waals surface area contributed by atoms with Gasteiger partial charge in [-0.05, 0) is 19.1 Å². The molecule has 1 aliphatic rings. The molecule has 78 valence electrons. The van der Waals surface area contributed by atoms with Gasteiger partial charge in [-0.2, -0.15) is 11.8 Å². The van der Waals surface area contributed by atoms with Gasteiger partial charge in [-0.1, -0.05) is 0 Å². The van der Waals surface area contributed by atoms with Crippen LogP contribution in [0.3, 0.4) is 0 Å². The summed E-state index contributed by atoms with van der Waals surface area (Å²) >= 11 is 1.85. The molecule has 0 aromatic rings. The molecule has 1 fully saturated rings. The van der Waals surface area contributed by atoms with Crippen LogP contribution in [-0.2, 0) is 10.0 Å². The molecule has 0 heterocycles. The molecule has 0 spiro atoms. The van der Waals surface area contributed by atoms with Crippen molar-refractivity contribution >= 4 is 21.8 Å². The summed E-state index contributed by atoms with van der Waals surface area (Å²) < 4.78 is 21.5. The fourth-order valence-corrected chi connectivity index (χ4v) is 2.31. The minimum Gasteiger partial charge on any atom is -0.314 e. The van der Waals surface area contributed by atoms with Gasteiger partial charge in [0.15, 0.2) is 0 Å². The molecule has 0 radical (unpaired) electrons. The van der Waals surface area contributed by atoms with Gasteiger partial charge >= 0.3 is 0 Å². The minimum atomic E-state index is -3.30. The van der Waals surface area contributed by atoms with E-state index in [-0.39, 0.29) is 5.75 Å². The lowest BCUT2D eigenvalue weighted by atomic mass is 10.4. The Balaban J connectivity index is 2.08. The van der Waals surface area contributed by atoms with Gasteiger partial charge in [-0.15, -0.1) is 0 Å². The van der Waals surface area contributed by atoms with Crippen molar-refractivity contribution < 1.29 is 8.42 Å². The van der Waals surface area contributed by atoms with E-state index in [1.807, 2.05) is 11.8 Å². The summed E-state index contributed by atoms with van der Waals surface area (Å²) in [4.78, 5) is 0. The molecule has 13 heavy (non-hydrogen) atoms. The highest BCUT2D eigenvalue weighted by Crippen LogP contribution is 2.46. The van der Waals surface area contributed by atoms with Crippen LogP contribution in [0, 0.1) is 0 Å². The highest BCUT2D eigenvalue weighted by atomic mass is 32.2. The first-order chi connectivity index (χ1) is 5.97. The van der Waals surface area contributed by atoms with E-state index < -0.39 is 10.0 Å². The van der Waals surface area contributed by atoms with Crippen LogP contribution in [0.25, 0.3) is 0 Å². The topological polar surface area (TPSA) is 72.2 Å². The third-order valence-corrected chi connectivity index (χ3v) is 4.44. The Labute approximate surface area is 83.7 Å². The molecule has 0 atom stereocenters. The third-order valence-electron chi connectivity index (χ3n) is 2.25. The second-order valence-corrected chi connectivity index (χ2v) is 6.44. The number of nitrogens with one attached hydrogen (secondary N) is 1. The Morgan fingerprint density at radius 3 is 2.54 bits per heavy atom. The smallest absolute Gasteiger partial charge is 0.210 e. The highest BCUT2D eigenvalue weighted by molar-refractivity contribution is 8.00. The molecule has 1 aliphatic carbocycles. The van der Waals surface area contributed by atoms with E-state index >= 15 is 0 Å². The molecule has 3 N–H and O–H groups in total. The van der Waals surface area contributed by atoms with Crippen LogP contribution in [0.5, 0.6) is 0 Å². The molecule has 0 saturated heterocycles. The van der Waals surface area contributed by atoms with Crippen molar-refractivity contribution in [2.75, 3.05) is 25.1 Å². The van der Waals surface area contributed by atoms with E-state index in [0.29, 0.717) is 11.3 Å². The lowest BCUT2D eigenvalue weighted by Gasteiger charge is -2.12. The van der Waals surface area contributed by atoms with Crippen LogP contribution < -0.4 is 10.5 Å². The summed E-state index contributed by atoms with van der Waals surface area (Å²) in [6.45, 7) is 1.35. The summed E-state index contributed by atoms with van der Waals surface area (Å²) in [5.41, 5.74) is 0. The monoisotopic (exact) mass is 224 g/mol. The van der Waals surface area contributed by atoms with Gasteiger partial charge in [-0.25, -0.2) is 13.6 Å². The number of rotatable bonds is 6. The summed E-state index contributed by atoms with van der Waals surface area (Å²) in [6, 6.07) is 0. The maximum atomic E-state index is 10.6. The van der Waals surface area contributed by atoms with Crippen LogP contribution in [0.15, 0.2) is 0 Å².